The quantitative estimate of drug-likeness (QED) is 0.856. The number of likely N-dealkylation sites (tertiary alicyclic amines) is 1. The Hall–Kier alpha value is -1.33. The van der Waals surface area contributed by atoms with Gasteiger partial charge in [-0.1, -0.05) is 18.3 Å². The van der Waals surface area contributed by atoms with Gasteiger partial charge >= 0.3 is 0 Å². The van der Waals surface area contributed by atoms with Gasteiger partial charge in [0.25, 0.3) is 0 Å². The van der Waals surface area contributed by atoms with Crippen molar-refractivity contribution in [1.29, 1.82) is 0 Å². The first-order valence-corrected chi connectivity index (χ1v) is 7.09. The molecule has 0 spiro atoms. The Labute approximate surface area is 118 Å². The first-order chi connectivity index (χ1) is 9.25. The van der Waals surface area contributed by atoms with Gasteiger partial charge in [0.2, 0.25) is 0 Å². The maximum atomic E-state index is 5.94. The highest BCUT2D eigenvalue weighted by Gasteiger charge is 2.27. The summed E-state index contributed by atoms with van der Waals surface area (Å²) in [4.78, 5) is 2.87. The molecule has 3 rings (SSSR count). The van der Waals surface area contributed by atoms with E-state index in [1.165, 1.54) is 12.8 Å². The van der Waals surface area contributed by atoms with Crippen LogP contribution in [0.25, 0.3) is 0 Å². The summed E-state index contributed by atoms with van der Waals surface area (Å²) in [5.74, 6) is 1.60. The van der Waals surface area contributed by atoms with Crippen molar-refractivity contribution >= 4 is 17.2 Å². The molecule has 19 heavy (non-hydrogen) atoms. The molecule has 0 bridgehead atoms. The molecule has 0 saturated carbocycles. The number of benzene rings is 1. The topological polar surface area (TPSA) is 47.7 Å². The van der Waals surface area contributed by atoms with Crippen LogP contribution in [0.3, 0.4) is 0 Å². The monoisotopic (exact) mass is 278 g/mol. The molecule has 0 aliphatic carbocycles. The van der Waals surface area contributed by atoms with E-state index in [1.807, 2.05) is 18.2 Å². The molecule has 2 aliphatic heterocycles. The second-order valence-electron chi connectivity index (χ2n) is 4.95. The van der Waals surface area contributed by atoms with Gasteiger partial charge in [-0.3, -0.25) is 4.90 Å². The third-order valence-corrected chi connectivity index (χ3v) is 3.88. The van der Waals surface area contributed by atoms with E-state index >= 15 is 0 Å². The van der Waals surface area contributed by atoms with Gasteiger partial charge in [0.05, 0.1) is 11.0 Å². The third-order valence-electron chi connectivity index (χ3n) is 3.66. The summed E-state index contributed by atoms with van der Waals surface area (Å²) in [6, 6.07) is 6.01. The Bertz CT molecular complexity index is 486. The Morgan fingerprint density at radius 1 is 1.16 bits per heavy atom. The fraction of sp³-hybridized carbons (Fsp3) is 0.500. The number of fused-ring (bicyclic) bond motifs is 1. The minimum Gasteiger partial charge on any atom is -0.486 e. The molecule has 5 heteroatoms. The van der Waals surface area contributed by atoms with E-state index in [0.29, 0.717) is 18.2 Å². The lowest BCUT2D eigenvalue weighted by molar-refractivity contribution is 0.171. The minimum atomic E-state index is 0.00771. The lowest BCUT2D eigenvalue weighted by Gasteiger charge is -2.28. The van der Waals surface area contributed by atoms with Gasteiger partial charge in [-0.25, -0.2) is 0 Å². The van der Waals surface area contributed by atoms with Gasteiger partial charge in [0, 0.05) is 0 Å². The number of hydrogen-bond donors (Lipinski definition) is 1. The molecule has 0 amide bonds. The van der Waals surface area contributed by atoms with Gasteiger partial charge in [0.15, 0.2) is 11.5 Å². The van der Waals surface area contributed by atoms with Crippen molar-refractivity contribution in [3.05, 3.63) is 23.8 Å². The first-order valence-electron chi connectivity index (χ1n) is 6.68. The molecule has 2 N–H and O–H groups in total. The highest BCUT2D eigenvalue weighted by Crippen LogP contribution is 2.35. The summed E-state index contributed by atoms with van der Waals surface area (Å²) in [5, 5.41) is 0. The van der Waals surface area contributed by atoms with Crippen LogP contribution in [0.15, 0.2) is 18.2 Å². The van der Waals surface area contributed by atoms with Crippen LogP contribution >= 0.6 is 12.2 Å². The fourth-order valence-electron chi connectivity index (χ4n) is 2.78. The van der Waals surface area contributed by atoms with Crippen molar-refractivity contribution in [2.24, 2.45) is 5.73 Å². The smallest absolute Gasteiger partial charge is 0.161 e. The summed E-state index contributed by atoms with van der Waals surface area (Å²) in [7, 11) is 0. The van der Waals surface area contributed by atoms with Crippen LogP contribution in [0, 0.1) is 0 Å². The van der Waals surface area contributed by atoms with Gasteiger partial charge in [-0.05, 0) is 43.6 Å². The largest absolute Gasteiger partial charge is 0.486 e. The standard InChI is InChI=1S/C14H18N2O2S/c15-14(19)13(16-5-1-2-6-16)10-3-4-11-12(9-10)18-8-7-17-11/h3-4,9,13H,1-2,5-8H2,(H2,15,19). The number of nitrogens with zero attached hydrogens (tertiary/aromatic N) is 1. The lowest BCUT2D eigenvalue weighted by atomic mass is 10.0. The van der Waals surface area contributed by atoms with E-state index in [2.05, 4.69) is 4.90 Å². The van der Waals surface area contributed by atoms with Gasteiger partial charge < -0.3 is 15.2 Å². The van der Waals surface area contributed by atoms with E-state index in [0.717, 1.165) is 30.2 Å². The molecule has 0 aromatic heterocycles. The van der Waals surface area contributed by atoms with Gasteiger partial charge in [0.1, 0.15) is 13.2 Å². The molecule has 0 radical (unpaired) electrons. The molecule has 1 unspecified atom stereocenters. The van der Waals surface area contributed by atoms with Crippen LogP contribution in [-0.4, -0.2) is 36.2 Å². The molecule has 102 valence electrons. The second kappa shape index (κ2) is 5.35. The summed E-state index contributed by atoms with van der Waals surface area (Å²) in [5.41, 5.74) is 7.04. The zero-order valence-electron chi connectivity index (χ0n) is 10.8. The molecule has 2 aliphatic rings. The number of rotatable bonds is 3. The Morgan fingerprint density at radius 2 is 1.84 bits per heavy atom. The van der Waals surface area contributed by atoms with Crippen molar-refractivity contribution < 1.29 is 9.47 Å². The maximum Gasteiger partial charge on any atom is 0.161 e. The zero-order chi connectivity index (χ0) is 13.2. The average molecular weight is 278 g/mol. The molecular weight excluding hydrogens is 260 g/mol. The number of nitrogens with two attached hydrogens (primary N) is 1. The molecule has 4 nitrogen and oxygen atoms in total. The Balaban J connectivity index is 1.91. The lowest BCUT2D eigenvalue weighted by Crippen LogP contribution is -2.35. The highest BCUT2D eigenvalue weighted by atomic mass is 32.1. The van der Waals surface area contributed by atoms with Crippen molar-refractivity contribution in [3.8, 4) is 11.5 Å². The molecule has 1 fully saturated rings. The maximum absolute atomic E-state index is 5.94. The fourth-order valence-corrected chi connectivity index (χ4v) is 3.07. The SMILES string of the molecule is NC(=S)C(c1ccc2c(c1)OCCO2)N1CCCC1. The summed E-state index contributed by atoms with van der Waals surface area (Å²) >= 11 is 5.25. The van der Waals surface area contributed by atoms with E-state index in [1.54, 1.807) is 0 Å². The molecule has 1 aromatic rings. The zero-order valence-corrected chi connectivity index (χ0v) is 11.6. The summed E-state index contributed by atoms with van der Waals surface area (Å²) < 4.78 is 11.2. The second-order valence-corrected chi connectivity index (χ2v) is 5.42. The van der Waals surface area contributed by atoms with E-state index < -0.39 is 0 Å². The predicted octanol–water partition coefficient (Wildman–Crippen LogP) is 1.88. The Kier molecular flexibility index (Phi) is 3.57. The minimum absolute atomic E-state index is 0.00771. The first kappa shape index (κ1) is 12.7. The van der Waals surface area contributed by atoms with Crippen molar-refractivity contribution in [3.63, 3.8) is 0 Å². The van der Waals surface area contributed by atoms with Crippen molar-refractivity contribution in [2.45, 2.75) is 18.9 Å². The molecule has 1 atom stereocenters. The third kappa shape index (κ3) is 2.53. The molecule has 1 aromatic carbocycles. The molecule has 2 heterocycles. The van der Waals surface area contributed by atoms with Gasteiger partial charge in [-0.15, -0.1) is 0 Å². The van der Waals surface area contributed by atoms with E-state index in [4.69, 9.17) is 27.4 Å². The van der Waals surface area contributed by atoms with Crippen LogP contribution in [0.5, 0.6) is 11.5 Å². The normalized spacial score (nSPS) is 20.2. The van der Waals surface area contributed by atoms with E-state index in [9.17, 15) is 0 Å². The molecule has 1 saturated heterocycles. The number of ether oxygens (including phenoxy) is 2. The van der Waals surface area contributed by atoms with Crippen LogP contribution in [0.2, 0.25) is 0 Å². The van der Waals surface area contributed by atoms with Crippen LogP contribution in [-0.2, 0) is 0 Å². The van der Waals surface area contributed by atoms with Crippen molar-refractivity contribution in [1.82, 2.24) is 4.90 Å². The summed E-state index contributed by atoms with van der Waals surface area (Å²) in [6.07, 6.45) is 2.42. The number of thiocarbonyl (C=S) groups is 1. The Morgan fingerprint density at radius 3 is 2.53 bits per heavy atom. The van der Waals surface area contributed by atoms with E-state index in [-0.39, 0.29) is 6.04 Å². The number of hydrogen-bond acceptors (Lipinski definition) is 4. The predicted molar refractivity (Wildman–Crippen MR) is 77.8 cm³/mol. The van der Waals surface area contributed by atoms with Gasteiger partial charge in [-0.2, -0.15) is 0 Å². The average Bonchev–Trinajstić information content (AvgIpc) is 2.92. The molecular formula is C14H18N2O2S. The van der Waals surface area contributed by atoms with Crippen molar-refractivity contribution in [2.75, 3.05) is 26.3 Å². The summed E-state index contributed by atoms with van der Waals surface area (Å²) in [6.45, 7) is 3.31. The van der Waals surface area contributed by atoms with Crippen LogP contribution in [0.4, 0.5) is 0 Å². The van der Waals surface area contributed by atoms with Crippen LogP contribution in [0.1, 0.15) is 24.4 Å². The highest BCUT2D eigenvalue weighted by molar-refractivity contribution is 7.80. The van der Waals surface area contributed by atoms with Crippen LogP contribution < -0.4 is 15.2 Å².